The molecule has 2 atom stereocenters. The monoisotopic (exact) mass is 465 g/mol. The molecule has 176 valence electrons. The normalized spacial score (nSPS) is 23.8. The summed E-state index contributed by atoms with van der Waals surface area (Å²) in [4.78, 5) is 41.3. The molecule has 2 bridgehead atoms. The van der Waals surface area contributed by atoms with Crippen molar-refractivity contribution in [2.45, 2.75) is 32.1 Å². The predicted octanol–water partition coefficient (Wildman–Crippen LogP) is 5.29. The molecule has 0 spiro atoms. The largest absolute Gasteiger partial charge is 0.462 e. The Hall–Kier alpha value is -3.73. The van der Waals surface area contributed by atoms with Crippen LogP contribution in [-0.4, -0.2) is 24.4 Å². The number of esters is 1. The number of carbonyl (C=O) groups excluding carboxylic acids is 3. The summed E-state index contributed by atoms with van der Waals surface area (Å²) in [7, 11) is 0. The van der Waals surface area contributed by atoms with E-state index in [1.165, 1.54) is 4.90 Å². The Balaban J connectivity index is 1.33. The highest BCUT2D eigenvalue weighted by Gasteiger charge is 2.61. The molecule has 5 heteroatoms. The molecule has 1 heterocycles. The summed E-state index contributed by atoms with van der Waals surface area (Å²) in [5.74, 6) is -1.36. The van der Waals surface area contributed by atoms with E-state index >= 15 is 0 Å². The lowest BCUT2D eigenvalue weighted by molar-refractivity contribution is -0.122. The number of rotatable bonds is 5. The van der Waals surface area contributed by atoms with Crippen LogP contribution in [0.15, 0.2) is 72.8 Å². The van der Waals surface area contributed by atoms with Gasteiger partial charge >= 0.3 is 5.97 Å². The van der Waals surface area contributed by atoms with Gasteiger partial charge in [0, 0.05) is 11.8 Å². The molecule has 0 radical (unpaired) electrons. The van der Waals surface area contributed by atoms with Crippen LogP contribution in [0.3, 0.4) is 0 Å². The third-order valence-electron chi connectivity index (χ3n) is 7.74. The van der Waals surface area contributed by atoms with E-state index in [9.17, 15) is 14.4 Å². The molecule has 0 aromatic heterocycles. The Morgan fingerprint density at radius 3 is 1.66 bits per heavy atom. The summed E-state index contributed by atoms with van der Waals surface area (Å²) < 4.78 is 5.35. The molecular weight excluding hydrogens is 438 g/mol. The van der Waals surface area contributed by atoms with E-state index in [0.717, 1.165) is 28.7 Å². The van der Waals surface area contributed by atoms with E-state index in [2.05, 4.69) is 38.1 Å². The second-order valence-electron chi connectivity index (χ2n) is 10.1. The van der Waals surface area contributed by atoms with Crippen LogP contribution >= 0.6 is 0 Å². The van der Waals surface area contributed by atoms with E-state index in [-0.39, 0.29) is 23.7 Å². The van der Waals surface area contributed by atoms with Gasteiger partial charge in [-0.05, 0) is 58.9 Å². The van der Waals surface area contributed by atoms with Gasteiger partial charge in [0.25, 0.3) is 0 Å². The SMILES string of the molecule is CC(C)CCOC(=O)c1ccc(N2C(=O)[C@@H]3C4c5ccccc5C(c5ccccc54)[C@H]3C2=O)cc1. The number of amides is 2. The molecule has 2 amide bonds. The maximum atomic E-state index is 13.8. The number of hydrogen-bond donors (Lipinski definition) is 0. The Bertz CT molecular complexity index is 1230. The second kappa shape index (κ2) is 8.19. The first-order valence-corrected chi connectivity index (χ1v) is 12.3. The molecular formula is C30H27NO4. The zero-order chi connectivity index (χ0) is 24.3. The number of nitrogens with zero attached hydrogens (tertiary/aromatic N) is 1. The molecule has 4 aliphatic rings. The van der Waals surface area contributed by atoms with E-state index in [1.807, 2.05) is 24.3 Å². The van der Waals surface area contributed by atoms with Crippen LogP contribution in [0.5, 0.6) is 0 Å². The first kappa shape index (κ1) is 21.8. The smallest absolute Gasteiger partial charge is 0.338 e. The van der Waals surface area contributed by atoms with Gasteiger partial charge in [-0.1, -0.05) is 62.4 Å². The average molecular weight is 466 g/mol. The van der Waals surface area contributed by atoms with E-state index in [0.29, 0.717) is 23.8 Å². The number of imide groups is 1. The van der Waals surface area contributed by atoms with E-state index in [1.54, 1.807) is 24.3 Å². The zero-order valence-corrected chi connectivity index (χ0v) is 19.8. The molecule has 7 rings (SSSR count). The lowest BCUT2D eigenvalue weighted by Gasteiger charge is -2.45. The molecule has 1 aliphatic heterocycles. The lowest BCUT2D eigenvalue weighted by atomic mass is 9.55. The summed E-state index contributed by atoms with van der Waals surface area (Å²) in [6, 6.07) is 23.0. The molecule has 0 saturated carbocycles. The van der Waals surface area contributed by atoms with Crippen LogP contribution in [0, 0.1) is 17.8 Å². The summed E-state index contributed by atoms with van der Waals surface area (Å²) in [5.41, 5.74) is 5.52. The van der Waals surface area contributed by atoms with Gasteiger partial charge in [-0.15, -0.1) is 0 Å². The third-order valence-corrected chi connectivity index (χ3v) is 7.74. The quantitative estimate of drug-likeness (QED) is 0.380. The van der Waals surface area contributed by atoms with Gasteiger partial charge in [0.15, 0.2) is 0 Å². The minimum atomic E-state index is -0.419. The fourth-order valence-electron chi connectivity index (χ4n) is 6.15. The summed E-state index contributed by atoms with van der Waals surface area (Å²) in [6.07, 6.45) is 0.802. The van der Waals surface area contributed by atoms with Crippen molar-refractivity contribution in [3.05, 3.63) is 101 Å². The van der Waals surface area contributed by atoms with Gasteiger partial charge in [-0.3, -0.25) is 9.59 Å². The Morgan fingerprint density at radius 2 is 1.23 bits per heavy atom. The molecule has 3 aromatic rings. The summed E-state index contributed by atoms with van der Waals surface area (Å²) in [5, 5.41) is 0. The highest BCUT2D eigenvalue weighted by molar-refractivity contribution is 6.23. The van der Waals surface area contributed by atoms with Crippen LogP contribution in [0.1, 0.15) is 64.7 Å². The van der Waals surface area contributed by atoms with E-state index in [4.69, 9.17) is 4.74 Å². The summed E-state index contributed by atoms with van der Waals surface area (Å²) >= 11 is 0. The number of hydrogen-bond acceptors (Lipinski definition) is 4. The average Bonchev–Trinajstić information content (AvgIpc) is 3.14. The van der Waals surface area contributed by atoms with E-state index < -0.39 is 17.8 Å². The Kier molecular flexibility index (Phi) is 5.10. The fraction of sp³-hybridized carbons (Fsp3) is 0.300. The van der Waals surface area contributed by atoms with Crippen molar-refractivity contribution in [2.75, 3.05) is 11.5 Å². The maximum absolute atomic E-state index is 13.8. The molecule has 3 aliphatic carbocycles. The fourth-order valence-corrected chi connectivity index (χ4v) is 6.15. The van der Waals surface area contributed by atoms with Crippen molar-refractivity contribution in [1.29, 1.82) is 0 Å². The summed E-state index contributed by atoms with van der Waals surface area (Å²) in [6.45, 7) is 4.52. The Morgan fingerprint density at radius 1 is 0.771 bits per heavy atom. The lowest BCUT2D eigenvalue weighted by Crippen LogP contribution is -2.41. The van der Waals surface area contributed by atoms with Gasteiger partial charge in [0.05, 0.1) is 29.7 Å². The van der Waals surface area contributed by atoms with Crippen molar-refractivity contribution in [1.82, 2.24) is 0 Å². The standard InChI is InChI=1S/C30H27NO4/c1-17(2)15-16-35-30(34)18-11-13-19(14-12-18)31-28(32)26-24-20-7-3-4-8-21(20)25(27(26)29(31)33)23-10-6-5-9-22(23)24/h3-14,17,24-27H,15-16H2,1-2H3/t24?,25?,26-,27-/m1/s1. The van der Waals surface area contributed by atoms with Crippen LogP contribution in [0.2, 0.25) is 0 Å². The molecule has 5 nitrogen and oxygen atoms in total. The molecule has 1 saturated heterocycles. The van der Waals surface area contributed by atoms with Crippen LogP contribution in [0.25, 0.3) is 0 Å². The van der Waals surface area contributed by atoms with Crippen molar-refractivity contribution in [3.8, 4) is 0 Å². The Labute approximate surface area is 204 Å². The highest BCUT2D eigenvalue weighted by Crippen LogP contribution is 2.61. The highest BCUT2D eigenvalue weighted by atomic mass is 16.5. The van der Waals surface area contributed by atoms with Gasteiger partial charge in [0.1, 0.15) is 0 Å². The minimum absolute atomic E-state index is 0.131. The van der Waals surface area contributed by atoms with Crippen molar-refractivity contribution < 1.29 is 19.1 Å². The van der Waals surface area contributed by atoms with Gasteiger partial charge in [-0.25, -0.2) is 9.69 Å². The molecule has 0 unspecified atom stereocenters. The first-order valence-electron chi connectivity index (χ1n) is 12.3. The van der Waals surface area contributed by atoms with Crippen molar-refractivity contribution >= 4 is 23.5 Å². The zero-order valence-electron chi connectivity index (χ0n) is 19.8. The second-order valence-corrected chi connectivity index (χ2v) is 10.1. The van der Waals surface area contributed by atoms with Crippen LogP contribution in [-0.2, 0) is 14.3 Å². The van der Waals surface area contributed by atoms with Crippen molar-refractivity contribution in [2.24, 2.45) is 17.8 Å². The number of ether oxygens (including phenoxy) is 1. The molecule has 35 heavy (non-hydrogen) atoms. The molecule has 1 fully saturated rings. The molecule has 3 aromatic carbocycles. The number of carbonyl (C=O) groups is 3. The number of anilines is 1. The van der Waals surface area contributed by atoms with Crippen LogP contribution in [0.4, 0.5) is 5.69 Å². The maximum Gasteiger partial charge on any atom is 0.338 e. The van der Waals surface area contributed by atoms with Gasteiger partial charge in [0.2, 0.25) is 11.8 Å². The predicted molar refractivity (Wildman–Crippen MR) is 132 cm³/mol. The van der Waals surface area contributed by atoms with Gasteiger partial charge < -0.3 is 4.74 Å². The first-order chi connectivity index (χ1) is 17.0. The molecule has 0 N–H and O–H groups in total. The minimum Gasteiger partial charge on any atom is -0.462 e. The topological polar surface area (TPSA) is 63.7 Å². The third kappa shape index (κ3) is 3.25. The van der Waals surface area contributed by atoms with Crippen LogP contribution < -0.4 is 4.90 Å². The van der Waals surface area contributed by atoms with Gasteiger partial charge in [-0.2, -0.15) is 0 Å². The number of benzene rings is 3. The van der Waals surface area contributed by atoms with Crippen molar-refractivity contribution in [3.63, 3.8) is 0 Å².